The van der Waals surface area contributed by atoms with Gasteiger partial charge in [0.2, 0.25) is 10.0 Å². The molecular formula is C29H33N3O4S. The average molecular weight is 520 g/mol. The van der Waals surface area contributed by atoms with Gasteiger partial charge in [0, 0.05) is 47.8 Å². The summed E-state index contributed by atoms with van der Waals surface area (Å²) >= 11 is 0. The van der Waals surface area contributed by atoms with Crippen molar-refractivity contribution in [2.45, 2.75) is 39.5 Å². The number of anilines is 1. The van der Waals surface area contributed by atoms with Crippen molar-refractivity contribution < 1.29 is 17.9 Å². The van der Waals surface area contributed by atoms with Gasteiger partial charge in [-0.05, 0) is 87.7 Å². The summed E-state index contributed by atoms with van der Waals surface area (Å²) in [5.74, 6) is -0.116. The fourth-order valence-corrected chi connectivity index (χ4v) is 6.76. The Morgan fingerprint density at radius 2 is 1.70 bits per heavy atom. The van der Waals surface area contributed by atoms with Crippen molar-refractivity contribution in [2.75, 3.05) is 37.7 Å². The monoisotopic (exact) mass is 519 g/mol. The maximum atomic E-state index is 13.5. The quantitative estimate of drug-likeness (QED) is 0.461. The highest BCUT2D eigenvalue weighted by Gasteiger charge is 2.34. The number of hydrogen-bond donors (Lipinski definition) is 0. The van der Waals surface area contributed by atoms with Gasteiger partial charge in [0.15, 0.2) is 0 Å². The molecule has 37 heavy (non-hydrogen) atoms. The van der Waals surface area contributed by atoms with Gasteiger partial charge < -0.3 is 14.2 Å². The third kappa shape index (κ3) is 4.23. The second kappa shape index (κ2) is 9.59. The molecule has 2 aromatic carbocycles. The lowest BCUT2D eigenvalue weighted by molar-refractivity contribution is -0.112. The minimum atomic E-state index is -3.69. The van der Waals surface area contributed by atoms with Crippen LogP contribution in [0.4, 0.5) is 5.69 Å². The molecule has 194 valence electrons. The average Bonchev–Trinajstić information content (AvgIpc) is 3.32. The minimum absolute atomic E-state index is 0.116. The Morgan fingerprint density at radius 3 is 2.41 bits per heavy atom. The Labute approximate surface area is 219 Å². The molecule has 1 saturated heterocycles. The van der Waals surface area contributed by atoms with E-state index in [1.54, 1.807) is 23.1 Å². The molecule has 0 N–H and O–H groups in total. The number of nitrogens with zero attached hydrogens (tertiary/aromatic N) is 3. The maximum Gasteiger partial charge on any atom is 0.258 e. The summed E-state index contributed by atoms with van der Waals surface area (Å²) in [6.45, 7) is 12.2. The predicted molar refractivity (Wildman–Crippen MR) is 147 cm³/mol. The van der Waals surface area contributed by atoms with E-state index in [-0.39, 0.29) is 10.8 Å². The number of likely N-dealkylation sites (N-methyl/N-ethyl adjacent to an activating group) is 1. The highest BCUT2D eigenvalue weighted by atomic mass is 32.2. The SMILES string of the molecule is CCN1C(=O)/C(=C/c2cc(C)n(-c3cccc(C)c3C)c2C)c2cc(S(=O)(=O)N3CCOCC3)ccc21. The van der Waals surface area contributed by atoms with E-state index >= 15 is 0 Å². The van der Waals surface area contributed by atoms with Crippen molar-refractivity contribution in [3.8, 4) is 5.69 Å². The molecule has 2 aliphatic heterocycles. The molecule has 1 fully saturated rings. The van der Waals surface area contributed by atoms with E-state index in [2.05, 4.69) is 56.5 Å². The van der Waals surface area contributed by atoms with Crippen molar-refractivity contribution in [1.29, 1.82) is 0 Å². The first-order valence-corrected chi connectivity index (χ1v) is 14.1. The first kappa shape index (κ1) is 25.4. The third-order valence-corrected chi connectivity index (χ3v) is 9.43. The van der Waals surface area contributed by atoms with Crippen molar-refractivity contribution in [2.24, 2.45) is 0 Å². The first-order valence-electron chi connectivity index (χ1n) is 12.7. The van der Waals surface area contributed by atoms with Crippen LogP contribution in [0.25, 0.3) is 17.3 Å². The van der Waals surface area contributed by atoms with Crippen LogP contribution in [0.5, 0.6) is 0 Å². The molecule has 3 aromatic rings. The molecule has 8 heteroatoms. The van der Waals surface area contributed by atoms with Gasteiger partial charge in [-0.15, -0.1) is 0 Å². The fourth-order valence-electron chi connectivity index (χ4n) is 5.32. The molecule has 0 bridgehead atoms. The van der Waals surface area contributed by atoms with Crippen LogP contribution in [-0.2, 0) is 19.6 Å². The predicted octanol–water partition coefficient (Wildman–Crippen LogP) is 4.64. The Kier molecular flexibility index (Phi) is 6.60. The molecule has 0 radical (unpaired) electrons. The van der Waals surface area contributed by atoms with Crippen molar-refractivity contribution >= 4 is 33.3 Å². The van der Waals surface area contributed by atoms with Gasteiger partial charge in [-0.3, -0.25) is 4.79 Å². The number of aryl methyl sites for hydroxylation is 2. The number of ether oxygens (including phenoxy) is 1. The van der Waals surface area contributed by atoms with Crippen LogP contribution < -0.4 is 4.90 Å². The van der Waals surface area contributed by atoms with Gasteiger partial charge in [0.25, 0.3) is 5.91 Å². The number of carbonyl (C=O) groups excluding carboxylic acids is 1. The van der Waals surface area contributed by atoms with E-state index in [1.807, 2.05) is 13.0 Å². The number of rotatable bonds is 5. The standard InChI is InChI=1S/C29H33N3O4S/c1-6-31-28-11-10-24(37(34,35)30-12-14-36-15-13-30)18-25(28)26(29(31)33)17-23-16-20(3)32(22(23)5)27-9-7-8-19(2)21(27)4/h7-11,16-18H,6,12-15H2,1-5H3/b26-17+. The zero-order valence-electron chi connectivity index (χ0n) is 22.0. The first-order chi connectivity index (χ1) is 17.6. The molecule has 7 nitrogen and oxygen atoms in total. The highest BCUT2D eigenvalue weighted by Crippen LogP contribution is 2.40. The summed E-state index contributed by atoms with van der Waals surface area (Å²) in [6.07, 6.45) is 1.91. The lowest BCUT2D eigenvalue weighted by Gasteiger charge is -2.26. The van der Waals surface area contributed by atoms with Gasteiger partial charge in [0.1, 0.15) is 0 Å². The number of amides is 1. The zero-order chi connectivity index (χ0) is 26.5. The summed E-state index contributed by atoms with van der Waals surface area (Å²) in [5, 5.41) is 0. The smallest absolute Gasteiger partial charge is 0.258 e. The second-order valence-corrected chi connectivity index (χ2v) is 11.6. The molecule has 5 rings (SSSR count). The maximum absolute atomic E-state index is 13.5. The zero-order valence-corrected chi connectivity index (χ0v) is 22.9. The molecule has 0 saturated carbocycles. The minimum Gasteiger partial charge on any atom is -0.379 e. The molecule has 2 aliphatic rings. The topological polar surface area (TPSA) is 71.9 Å². The summed E-state index contributed by atoms with van der Waals surface area (Å²) in [4.78, 5) is 15.4. The molecule has 0 atom stereocenters. The number of fused-ring (bicyclic) bond motifs is 1. The van der Waals surface area contributed by atoms with E-state index in [4.69, 9.17) is 4.74 Å². The third-order valence-electron chi connectivity index (χ3n) is 7.54. The van der Waals surface area contributed by atoms with Crippen LogP contribution in [0.3, 0.4) is 0 Å². The second-order valence-electron chi connectivity index (χ2n) is 9.68. The number of benzene rings is 2. The van der Waals surface area contributed by atoms with Crippen LogP contribution >= 0.6 is 0 Å². The van der Waals surface area contributed by atoms with Gasteiger partial charge >= 0.3 is 0 Å². The van der Waals surface area contributed by atoms with Gasteiger partial charge in [-0.2, -0.15) is 4.31 Å². The Hall–Kier alpha value is -3.20. The van der Waals surface area contributed by atoms with Crippen LogP contribution in [0.15, 0.2) is 47.4 Å². The van der Waals surface area contributed by atoms with Crippen LogP contribution in [0.2, 0.25) is 0 Å². The lowest BCUT2D eigenvalue weighted by Crippen LogP contribution is -2.40. The summed E-state index contributed by atoms with van der Waals surface area (Å²) < 4.78 is 35.7. The van der Waals surface area contributed by atoms with E-state index in [0.717, 1.165) is 28.3 Å². The Bertz CT molecular complexity index is 1530. The van der Waals surface area contributed by atoms with Crippen LogP contribution in [0, 0.1) is 27.7 Å². The fraction of sp³-hybridized carbons (Fsp3) is 0.345. The number of morpholine rings is 1. The summed E-state index contributed by atoms with van der Waals surface area (Å²) in [7, 11) is -3.69. The Balaban J connectivity index is 1.62. The Morgan fingerprint density at radius 1 is 0.973 bits per heavy atom. The van der Waals surface area contributed by atoms with Crippen LogP contribution in [-0.4, -0.2) is 56.0 Å². The molecule has 0 unspecified atom stereocenters. The van der Waals surface area contributed by atoms with Crippen molar-refractivity contribution in [3.63, 3.8) is 0 Å². The van der Waals surface area contributed by atoms with Gasteiger partial charge in [0.05, 0.1) is 23.8 Å². The van der Waals surface area contributed by atoms with Gasteiger partial charge in [-0.25, -0.2) is 8.42 Å². The van der Waals surface area contributed by atoms with E-state index in [9.17, 15) is 13.2 Å². The molecule has 1 amide bonds. The summed E-state index contributed by atoms with van der Waals surface area (Å²) in [5.41, 5.74) is 8.48. The van der Waals surface area contributed by atoms with Crippen LogP contribution in [0.1, 0.15) is 40.6 Å². The lowest BCUT2D eigenvalue weighted by atomic mass is 10.0. The van der Waals surface area contributed by atoms with Crippen molar-refractivity contribution in [3.05, 3.63) is 76.1 Å². The number of hydrogen-bond acceptors (Lipinski definition) is 4. The molecule has 0 spiro atoms. The molecule has 0 aliphatic carbocycles. The van der Waals surface area contributed by atoms with Gasteiger partial charge in [-0.1, -0.05) is 12.1 Å². The normalized spacial score (nSPS) is 17.6. The molecule has 3 heterocycles. The van der Waals surface area contributed by atoms with E-state index in [1.165, 1.54) is 15.4 Å². The largest absolute Gasteiger partial charge is 0.379 e. The molecule has 1 aromatic heterocycles. The van der Waals surface area contributed by atoms with E-state index < -0.39 is 10.0 Å². The highest BCUT2D eigenvalue weighted by molar-refractivity contribution is 7.89. The number of aromatic nitrogens is 1. The molecular weight excluding hydrogens is 486 g/mol. The van der Waals surface area contributed by atoms with Crippen molar-refractivity contribution in [1.82, 2.24) is 8.87 Å². The number of sulfonamides is 1. The summed E-state index contributed by atoms with van der Waals surface area (Å²) in [6, 6.07) is 13.4. The number of carbonyl (C=O) groups is 1. The van der Waals surface area contributed by atoms with E-state index in [0.29, 0.717) is 44.0 Å².